The number of aromatic nitrogens is 1. The number of pyridine rings is 1. The van der Waals surface area contributed by atoms with Gasteiger partial charge >= 0.3 is 0 Å². The predicted octanol–water partition coefficient (Wildman–Crippen LogP) is 3.13. The minimum absolute atomic E-state index is 0.231. The molecule has 3 nitrogen and oxygen atoms in total. The first-order chi connectivity index (χ1) is 8.33. The van der Waals surface area contributed by atoms with Crippen LogP contribution in [0.25, 0.3) is 0 Å². The fourth-order valence-electron chi connectivity index (χ4n) is 1.63. The number of hydrogen-bond donors (Lipinski definition) is 0. The van der Waals surface area contributed by atoms with Gasteiger partial charge in [0.15, 0.2) is 0 Å². The van der Waals surface area contributed by atoms with Gasteiger partial charge in [-0.05, 0) is 31.4 Å². The molecule has 0 aliphatic rings. The first-order valence-corrected chi connectivity index (χ1v) is 7.45. The van der Waals surface area contributed by atoms with Crippen LogP contribution in [0.15, 0.2) is 17.2 Å². The fourth-order valence-corrected chi connectivity index (χ4v) is 2.72. The average molecular weight is 264 g/mol. The van der Waals surface area contributed by atoms with Crippen molar-refractivity contribution in [1.29, 1.82) is 5.26 Å². The van der Waals surface area contributed by atoms with Crippen molar-refractivity contribution < 1.29 is 4.21 Å². The maximum atomic E-state index is 12.1. The van der Waals surface area contributed by atoms with Gasteiger partial charge in [-0.25, -0.2) is 0 Å². The van der Waals surface area contributed by atoms with Crippen molar-refractivity contribution >= 4 is 10.8 Å². The molecule has 98 valence electrons. The molecule has 0 radical (unpaired) electrons. The molecule has 1 heterocycles. The van der Waals surface area contributed by atoms with E-state index in [1.54, 1.807) is 6.20 Å². The molecule has 0 saturated heterocycles. The minimum atomic E-state index is -1.04. The maximum absolute atomic E-state index is 12.1. The summed E-state index contributed by atoms with van der Waals surface area (Å²) < 4.78 is 12.1. The fraction of sp³-hybridized carbons (Fsp3) is 0.571. The second-order valence-corrected chi connectivity index (χ2v) is 6.84. The van der Waals surface area contributed by atoms with E-state index < -0.39 is 16.2 Å². The van der Waals surface area contributed by atoms with Crippen molar-refractivity contribution in [2.45, 2.75) is 50.8 Å². The van der Waals surface area contributed by atoms with Crippen LogP contribution in [-0.4, -0.2) is 14.9 Å². The Kier molecular flexibility index (Phi) is 4.64. The van der Waals surface area contributed by atoms with Crippen LogP contribution in [0.4, 0.5) is 0 Å². The zero-order valence-corrected chi connectivity index (χ0v) is 12.5. The van der Waals surface area contributed by atoms with Gasteiger partial charge < -0.3 is 0 Å². The zero-order valence-electron chi connectivity index (χ0n) is 11.7. The normalized spacial score (nSPS) is 13.4. The number of hydrogen-bond acceptors (Lipinski definition) is 3. The zero-order chi connectivity index (χ0) is 13.9. The van der Waals surface area contributed by atoms with Gasteiger partial charge in [0.2, 0.25) is 0 Å². The Morgan fingerprint density at radius 2 is 2.11 bits per heavy atom. The second-order valence-electron chi connectivity index (χ2n) is 5.13. The highest BCUT2D eigenvalue weighted by atomic mass is 32.2. The van der Waals surface area contributed by atoms with E-state index in [4.69, 9.17) is 5.26 Å². The molecule has 0 spiro atoms. The van der Waals surface area contributed by atoms with Gasteiger partial charge in [0.25, 0.3) is 0 Å². The predicted molar refractivity (Wildman–Crippen MR) is 73.9 cm³/mol. The highest BCUT2D eigenvalue weighted by Crippen LogP contribution is 2.27. The number of rotatable bonds is 4. The quantitative estimate of drug-likeness (QED) is 0.839. The summed E-state index contributed by atoms with van der Waals surface area (Å²) in [5.74, 6) is 0.799. The standard InChI is InChI=1S/C14H20N2OS/c1-6-18(17)12-7-11(14(4,5)9-15)8-16-13(12)10(2)3/h7-8,10H,6H2,1-5H3. The lowest BCUT2D eigenvalue weighted by Gasteiger charge is -2.18. The summed E-state index contributed by atoms with van der Waals surface area (Å²) in [5, 5.41) is 9.16. The summed E-state index contributed by atoms with van der Waals surface area (Å²) >= 11 is 0. The van der Waals surface area contributed by atoms with Gasteiger partial charge in [-0.3, -0.25) is 9.19 Å². The van der Waals surface area contributed by atoms with E-state index in [1.807, 2.05) is 40.7 Å². The molecule has 0 aromatic carbocycles. The molecule has 0 saturated carbocycles. The van der Waals surface area contributed by atoms with E-state index in [9.17, 15) is 4.21 Å². The van der Waals surface area contributed by atoms with Crippen LogP contribution >= 0.6 is 0 Å². The first-order valence-electron chi connectivity index (χ1n) is 6.13. The molecule has 1 atom stereocenters. The van der Waals surface area contributed by atoms with Crippen LogP contribution in [0, 0.1) is 11.3 Å². The molecule has 18 heavy (non-hydrogen) atoms. The Balaban J connectivity index is 3.40. The van der Waals surface area contributed by atoms with Crippen LogP contribution in [-0.2, 0) is 16.2 Å². The molecule has 1 aromatic rings. The molecule has 4 heteroatoms. The first kappa shape index (κ1) is 14.8. The van der Waals surface area contributed by atoms with Gasteiger partial charge in [-0.15, -0.1) is 0 Å². The molecule has 0 bridgehead atoms. The summed E-state index contributed by atoms with van der Waals surface area (Å²) in [6.07, 6.45) is 1.73. The topological polar surface area (TPSA) is 53.8 Å². The molecule has 0 N–H and O–H groups in total. The third-order valence-corrected chi connectivity index (χ3v) is 4.28. The summed E-state index contributed by atoms with van der Waals surface area (Å²) in [6.45, 7) is 9.65. The SMILES string of the molecule is CCS(=O)c1cc(C(C)(C)C#N)cnc1C(C)C. The third kappa shape index (κ3) is 2.97. The molecular formula is C14H20N2OS. The van der Waals surface area contributed by atoms with Crippen LogP contribution in [0.1, 0.15) is 51.8 Å². The summed E-state index contributed by atoms with van der Waals surface area (Å²) in [5.41, 5.74) is 1.09. The summed E-state index contributed by atoms with van der Waals surface area (Å²) in [6, 6.07) is 4.13. The molecule has 0 fully saturated rings. The number of nitriles is 1. The van der Waals surface area contributed by atoms with Gasteiger partial charge in [-0.2, -0.15) is 5.26 Å². The van der Waals surface area contributed by atoms with E-state index in [2.05, 4.69) is 11.1 Å². The molecule has 1 unspecified atom stereocenters. The van der Waals surface area contributed by atoms with E-state index in [0.29, 0.717) is 5.75 Å². The molecular weight excluding hydrogens is 244 g/mol. The Bertz CT molecular complexity index is 501. The lowest BCUT2D eigenvalue weighted by atomic mass is 9.87. The molecule has 0 aliphatic heterocycles. The van der Waals surface area contributed by atoms with Crippen molar-refractivity contribution in [2.75, 3.05) is 5.75 Å². The monoisotopic (exact) mass is 264 g/mol. The van der Waals surface area contributed by atoms with Gasteiger partial charge in [0.05, 0.1) is 32.9 Å². The third-order valence-electron chi connectivity index (χ3n) is 2.94. The van der Waals surface area contributed by atoms with Gasteiger partial charge in [0.1, 0.15) is 0 Å². The Hall–Kier alpha value is -1.21. The molecule has 1 aromatic heterocycles. The van der Waals surface area contributed by atoms with Gasteiger partial charge in [0, 0.05) is 11.9 Å². The Morgan fingerprint density at radius 1 is 1.50 bits per heavy atom. The highest BCUT2D eigenvalue weighted by Gasteiger charge is 2.23. The van der Waals surface area contributed by atoms with Crippen LogP contribution in [0.2, 0.25) is 0 Å². The van der Waals surface area contributed by atoms with Crippen molar-refractivity contribution in [1.82, 2.24) is 4.98 Å². The van der Waals surface area contributed by atoms with Crippen LogP contribution in [0.3, 0.4) is 0 Å². The van der Waals surface area contributed by atoms with Crippen molar-refractivity contribution in [3.8, 4) is 6.07 Å². The van der Waals surface area contributed by atoms with Gasteiger partial charge in [-0.1, -0.05) is 20.8 Å². The maximum Gasteiger partial charge on any atom is 0.0781 e. The largest absolute Gasteiger partial charge is 0.259 e. The van der Waals surface area contributed by atoms with E-state index >= 15 is 0 Å². The number of nitrogens with zero attached hydrogens (tertiary/aromatic N) is 2. The highest BCUT2D eigenvalue weighted by molar-refractivity contribution is 7.85. The average Bonchev–Trinajstić information content (AvgIpc) is 2.36. The lowest BCUT2D eigenvalue weighted by molar-refractivity contribution is 0.663. The Labute approximate surface area is 112 Å². The molecule has 0 aliphatic carbocycles. The van der Waals surface area contributed by atoms with Crippen LogP contribution < -0.4 is 0 Å². The van der Waals surface area contributed by atoms with Crippen molar-refractivity contribution in [2.24, 2.45) is 0 Å². The molecule has 1 rings (SSSR count). The minimum Gasteiger partial charge on any atom is -0.259 e. The molecule has 0 amide bonds. The summed E-state index contributed by atoms with van der Waals surface area (Å²) in [4.78, 5) is 5.19. The van der Waals surface area contributed by atoms with Crippen molar-refractivity contribution in [3.63, 3.8) is 0 Å². The van der Waals surface area contributed by atoms with E-state index in [1.165, 1.54) is 0 Å². The van der Waals surface area contributed by atoms with Crippen LogP contribution in [0.5, 0.6) is 0 Å². The van der Waals surface area contributed by atoms with E-state index in [0.717, 1.165) is 16.2 Å². The lowest BCUT2D eigenvalue weighted by Crippen LogP contribution is -2.16. The van der Waals surface area contributed by atoms with Crippen molar-refractivity contribution in [3.05, 3.63) is 23.5 Å². The smallest absolute Gasteiger partial charge is 0.0781 e. The second kappa shape index (κ2) is 5.62. The Morgan fingerprint density at radius 3 is 2.56 bits per heavy atom. The summed E-state index contributed by atoms with van der Waals surface area (Å²) in [7, 11) is -1.04. The van der Waals surface area contributed by atoms with E-state index in [-0.39, 0.29) is 5.92 Å².